The summed E-state index contributed by atoms with van der Waals surface area (Å²) in [6, 6.07) is 20.6. The van der Waals surface area contributed by atoms with Crippen LogP contribution in [-0.2, 0) is 32.0 Å². The fraction of sp³-hybridized carbons (Fsp3) is 0.325. The number of hydrogen-bond acceptors (Lipinski definition) is 9. The Bertz CT molecular complexity index is 1960. The highest BCUT2D eigenvalue weighted by atomic mass is 35.5. The summed E-state index contributed by atoms with van der Waals surface area (Å²) in [5.41, 5.74) is 2.77. The average molecular weight is 758 g/mol. The molecule has 2 fully saturated rings. The van der Waals surface area contributed by atoms with Gasteiger partial charge in [0.15, 0.2) is 5.78 Å². The van der Waals surface area contributed by atoms with Gasteiger partial charge in [-0.15, -0.1) is 0 Å². The lowest BCUT2D eigenvalue weighted by molar-refractivity contribution is -0.189. The molecule has 7 rings (SSSR count). The maximum absolute atomic E-state index is 12.4. The van der Waals surface area contributed by atoms with Crippen molar-refractivity contribution in [2.24, 2.45) is 0 Å². The summed E-state index contributed by atoms with van der Waals surface area (Å²) >= 11 is 12.7. The van der Waals surface area contributed by atoms with Gasteiger partial charge in [0.1, 0.15) is 18.5 Å². The van der Waals surface area contributed by atoms with Crippen molar-refractivity contribution in [2.45, 2.75) is 44.6 Å². The van der Waals surface area contributed by atoms with Gasteiger partial charge in [0.25, 0.3) is 0 Å². The SMILES string of the molecule is CC(=O)N1CCN(c2ccc(OCC3COC(Cn4ccnc4)(c4ccc(Cl)cc4Cl)O3)cc2)CC1.CC(C)(C(=O)c1cccnc1)c1cccnc1. The predicted molar refractivity (Wildman–Crippen MR) is 203 cm³/mol. The van der Waals surface area contributed by atoms with E-state index in [4.69, 9.17) is 37.4 Å². The number of anilines is 1. The van der Waals surface area contributed by atoms with Crippen molar-refractivity contribution < 1.29 is 23.8 Å². The molecule has 2 atom stereocenters. The first-order valence-corrected chi connectivity index (χ1v) is 18.1. The quantitative estimate of drug-likeness (QED) is 0.141. The molecule has 2 aromatic carbocycles. The zero-order valence-corrected chi connectivity index (χ0v) is 31.4. The highest BCUT2D eigenvalue weighted by molar-refractivity contribution is 6.35. The van der Waals surface area contributed by atoms with Crippen LogP contribution in [0.25, 0.3) is 0 Å². The van der Waals surface area contributed by atoms with Gasteiger partial charge >= 0.3 is 0 Å². The Morgan fingerprint density at radius 1 is 0.925 bits per heavy atom. The number of imidazole rings is 1. The lowest BCUT2D eigenvalue weighted by atomic mass is 9.79. The number of pyridine rings is 2. The molecule has 11 nitrogen and oxygen atoms in total. The number of aromatic nitrogens is 4. The van der Waals surface area contributed by atoms with Gasteiger partial charge in [-0.05, 0) is 74.0 Å². The van der Waals surface area contributed by atoms with Crippen molar-refractivity contribution in [1.29, 1.82) is 0 Å². The van der Waals surface area contributed by atoms with E-state index in [0.717, 1.165) is 43.2 Å². The molecule has 0 N–H and O–H groups in total. The maximum Gasteiger partial charge on any atom is 0.219 e. The smallest absolute Gasteiger partial charge is 0.219 e. The van der Waals surface area contributed by atoms with Crippen molar-refractivity contribution in [3.05, 3.63) is 137 Å². The van der Waals surface area contributed by atoms with E-state index in [2.05, 4.69) is 19.9 Å². The average Bonchev–Trinajstić information content (AvgIpc) is 3.85. The first-order chi connectivity index (χ1) is 25.5. The number of halogens is 2. The van der Waals surface area contributed by atoms with Gasteiger partial charge in [0, 0.05) is 92.1 Å². The van der Waals surface area contributed by atoms with Crippen LogP contribution in [0.2, 0.25) is 10.0 Å². The molecular formula is C40H42Cl2N6O5. The number of amides is 1. The highest BCUT2D eigenvalue weighted by Gasteiger charge is 2.45. The number of rotatable bonds is 10. The third-order valence-corrected chi connectivity index (χ3v) is 9.94. The van der Waals surface area contributed by atoms with Crippen molar-refractivity contribution in [3.63, 3.8) is 0 Å². The number of ketones is 1. The van der Waals surface area contributed by atoms with E-state index >= 15 is 0 Å². The van der Waals surface area contributed by atoms with E-state index in [9.17, 15) is 9.59 Å². The molecule has 0 aliphatic carbocycles. The van der Waals surface area contributed by atoms with Crippen LogP contribution in [0.4, 0.5) is 5.69 Å². The largest absolute Gasteiger partial charge is 0.491 e. The van der Waals surface area contributed by atoms with Crippen LogP contribution in [0.1, 0.15) is 42.3 Å². The van der Waals surface area contributed by atoms with Gasteiger partial charge in [-0.1, -0.05) is 35.3 Å². The first kappa shape index (κ1) is 37.9. The molecule has 2 unspecified atom stereocenters. The number of carbonyl (C=O) groups is 2. The molecule has 53 heavy (non-hydrogen) atoms. The van der Waals surface area contributed by atoms with E-state index in [1.54, 1.807) is 68.5 Å². The van der Waals surface area contributed by atoms with Gasteiger partial charge in [0.2, 0.25) is 11.7 Å². The Hall–Kier alpha value is -4.81. The Balaban J connectivity index is 0.000000236. The van der Waals surface area contributed by atoms with Crippen LogP contribution in [-0.4, -0.2) is 81.6 Å². The number of ether oxygens (including phenoxy) is 3. The van der Waals surface area contributed by atoms with Crippen LogP contribution < -0.4 is 9.64 Å². The van der Waals surface area contributed by atoms with E-state index in [-0.39, 0.29) is 17.8 Å². The molecule has 5 aromatic rings. The Labute approximate surface area is 319 Å². The zero-order chi connectivity index (χ0) is 37.4. The summed E-state index contributed by atoms with van der Waals surface area (Å²) in [6.45, 7) is 9.61. The molecule has 0 radical (unpaired) electrons. The van der Waals surface area contributed by atoms with Crippen LogP contribution in [0.3, 0.4) is 0 Å². The molecule has 0 spiro atoms. The molecule has 276 valence electrons. The molecule has 3 aromatic heterocycles. The Morgan fingerprint density at radius 2 is 1.66 bits per heavy atom. The minimum Gasteiger partial charge on any atom is -0.491 e. The van der Waals surface area contributed by atoms with E-state index in [0.29, 0.717) is 40.9 Å². The molecule has 0 bridgehead atoms. The molecular weight excluding hydrogens is 715 g/mol. The van der Waals surface area contributed by atoms with Gasteiger partial charge in [-0.2, -0.15) is 0 Å². The standard InChI is InChI=1S/C26H28Cl2N4O4.C14H14N2O/c1-19(33)31-10-12-32(13-11-31)21-3-5-22(6-4-21)34-15-23-16-35-26(36-23,17-30-9-8-29-18-30)24-7-2-20(27)14-25(24)28;1-14(2,12-6-4-8-16-10-12)13(17)11-5-3-7-15-9-11/h2-9,14,18,23H,10-13,15-17H2,1H3;3-10H,1-2H3. The second-order valence-corrected chi connectivity index (χ2v) is 14.2. The second kappa shape index (κ2) is 16.9. The van der Waals surface area contributed by atoms with E-state index in [1.807, 2.05) is 72.0 Å². The van der Waals surface area contributed by atoms with Crippen molar-refractivity contribution >= 4 is 40.6 Å². The van der Waals surface area contributed by atoms with E-state index in [1.165, 1.54) is 0 Å². The number of carbonyl (C=O) groups excluding carboxylic acids is 2. The van der Waals surface area contributed by atoms with Gasteiger partial charge in [0.05, 0.1) is 29.9 Å². The molecule has 2 saturated heterocycles. The fourth-order valence-electron chi connectivity index (χ4n) is 6.32. The van der Waals surface area contributed by atoms with Crippen molar-refractivity contribution in [2.75, 3.05) is 44.3 Å². The highest BCUT2D eigenvalue weighted by Crippen LogP contribution is 2.40. The number of hydrogen-bond donors (Lipinski definition) is 0. The van der Waals surface area contributed by atoms with Crippen LogP contribution in [0, 0.1) is 0 Å². The number of benzene rings is 2. The minimum atomic E-state index is -1.08. The van der Waals surface area contributed by atoms with Crippen LogP contribution in [0.5, 0.6) is 5.75 Å². The third kappa shape index (κ3) is 9.23. The summed E-state index contributed by atoms with van der Waals surface area (Å²) in [5, 5.41) is 1.02. The summed E-state index contributed by atoms with van der Waals surface area (Å²) in [6.07, 6.45) is 11.7. The fourth-order valence-corrected chi connectivity index (χ4v) is 6.87. The number of piperazine rings is 1. The second-order valence-electron chi connectivity index (χ2n) is 13.4. The molecule has 0 saturated carbocycles. The van der Waals surface area contributed by atoms with Crippen LogP contribution in [0.15, 0.2) is 110 Å². The van der Waals surface area contributed by atoms with Gasteiger partial charge in [-0.3, -0.25) is 19.6 Å². The van der Waals surface area contributed by atoms with Crippen molar-refractivity contribution in [3.8, 4) is 5.75 Å². The summed E-state index contributed by atoms with van der Waals surface area (Å²) < 4.78 is 20.6. The maximum atomic E-state index is 12.4. The predicted octanol–water partition coefficient (Wildman–Crippen LogP) is 6.84. The van der Waals surface area contributed by atoms with E-state index < -0.39 is 11.2 Å². The lowest BCUT2D eigenvalue weighted by Gasteiger charge is -2.35. The molecule has 2 aliphatic heterocycles. The Morgan fingerprint density at radius 3 is 2.28 bits per heavy atom. The molecule has 13 heteroatoms. The number of nitrogens with zero attached hydrogens (tertiary/aromatic N) is 6. The molecule has 1 amide bonds. The van der Waals surface area contributed by atoms with Crippen molar-refractivity contribution in [1.82, 2.24) is 24.4 Å². The lowest BCUT2D eigenvalue weighted by Crippen LogP contribution is -2.48. The topological polar surface area (TPSA) is 112 Å². The normalized spacial score (nSPS) is 18.6. The minimum absolute atomic E-state index is 0.0543. The summed E-state index contributed by atoms with van der Waals surface area (Å²) in [7, 11) is 0. The zero-order valence-electron chi connectivity index (χ0n) is 29.9. The van der Waals surface area contributed by atoms with Gasteiger partial charge < -0.3 is 28.6 Å². The summed E-state index contributed by atoms with van der Waals surface area (Å²) in [4.78, 5) is 40.3. The summed E-state index contributed by atoms with van der Waals surface area (Å²) in [5.74, 6) is -0.147. The number of Topliss-reactive ketones (excluding diaryl/α,β-unsaturated/α-hetero) is 1. The Kier molecular flexibility index (Phi) is 12.1. The molecule has 2 aliphatic rings. The third-order valence-electron chi connectivity index (χ3n) is 9.39. The first-order valence-electron chi connectivity index (χ1n) is 17.4. The monoisotopic (exact) mass is 756 g/mol. The van der Waals surface area contributed by atoms with Gasteiger partial charge in [-0.25, -0.2) is 4.98 Å². The molecule has 5 heterocycles. The van der Waals surface area contributed by atoms with Crippen LogP contribution >= 0.6 is 23.2 Å².